The maximum absolute atomic E-state index is 10.2. The first kappa shape index (κ1) is 9.37. The van der Waals surface area contributed by atoms with Crippen molar-refractivity contribution in [1.29, 1.82) is 0 Å². The monoisotopic (exact) mass is 199 g/mol. The van der Waals surface area contributed by atoms with Gasteiger partial charge in [-0.15, -0.1) is 0 Å². The maximum Gasteiger partial charge on any atom is 0.240 e. The zero-order valence-corrected chi connectivity index (χ0v) is 8.21. The number of carbonyl (C=O) groups excluding carboxylic acids is 1. The van der Waals surface area contributed by atoms with E-state index in [0.717, 1.165) is 11.3 Å². The molecular formula is C11H9N3O. The normalized spacial score (nSPS) is 9.67. The Labute approximate surface area is 86.9 Å². The lowest BCUT2D eigenvalue weighted by Gasteiger charge is -2.01. The summed E-state index contributed by atoms with van der Waals surface area (Å²) >= 11 is 0. The topological polar surface area (TPSA) is 47.2 Å². The molecule has 0 fully saturated rings. The third kappa shape index (κ3) is 1.71. The lowest BCUT2D eigenvalue weighted by atomic mass is 10.1. The van der Waals surface area contributed by atoms with Crippen molar-refractivity contribution >= 4 is 11.8 Å². The highest BCUT2D eigenvalue weighted by Gasteiger charge is 2.09. The van der Waals surface area contributed by atoms with Gasteiger partial charge < -0.3 is 0 Å². The second-order valence-corrected chi connectivity index (χ2v) is 3.07. The van der Waals surface area contributed by atoms with Crippen LogP contribution in [0, 0.1) is 0 Å². The summed E-state index contributed by atoms with van der Waals surface area (Å²) in [7, 11) is 1.81. The smallest absolute Gasteiger partial charge is 0.240 e. The molecular weight excluding hydrogens is 190 g/mol. The molecule has 0 saturated carbocycles. The first-order valence-electron chi connectivity index (χ1n) is 4.48. The SMILES string of the molecule is Cn1ncc(N=C=O)c1-c1ccccc1. The van der Waals surface area contributed by atoms with Crippen molar-refractivity contribution in [3.63, 3.8) is 0 Å². The molecule has 74 valence electrons. The zero-order valence-electron chi connectivity index (χ0n) is 8.21. The van der Waals surface area contributed by atoms with Crippen LogP contribution in [0.3, 0.4) is 0 Å². The van der Waals surface area contributed by atoms with Crippen LogP contribution in [0.4, 0.5) is 5.69 Å². The largest absolute Gasteiger partial charge is 0.266 e. The van der Waals surface area contributed by atoms with Gasteiger partial charge in [0.25, 0.3) is 0 Å². The Morgan fingerprint density at radius 1 is 1.33 bits per heavy atom. The van der Waals surface area contributed by atoms with Gasteiger partial charge in [-0.05, 0) is 0 Å². The van der Waals surface area contributed by atoms with E-state index >= 15 is 0 Å². The number of nitrogens with zero attached hydrogens (tertiary/aromatic N) is 3. The Bertz CT molecular complexity index is 510. The van der Waals surface area contributed by atoms with Crippen molar-refractivity contribution < 1.29 is 4.79 Å². The van der Waals surface area contributed by atoms with Crippen LogP contribution in [0.2, 0.25) is 0 Å². The molecule has 0 N–H and O–H groups in total. The second-order valence-electron chi connectivity index (χ2n) is 3.07. The second kappa shape index (κ2) is 3.90. The lowest BCUT2D eigenvalue weighted by molar-refractivity contribution is 0.565. The summed E-state index contributed by atoms with van der Waals surface area (Å²) in [6, 6.07) is 9.68. The molecule has 0 unspecified atom stereocenters. The van der Waals surface area contributed by atoms with Gasteiger partial charge in [0.05, 0.1) is 11.9 Å². The molecule has 0 aliphatic rings. The molecule has 0 spiro atoms. The average Bonchev–Trinajstić information content (AvgIpc) is 2.62. The fraction of sp³-hybridized carbons (Fsp3) is 0.0909. The van der Waals surface area contributed by atoms with Crippen LogP contribution in [0.5, 0.6) is 0 Å². The number of aromatic nitrogens is 2. The van der Waals surface area contributed by atoms with Crippen LogP contribution < -0.4 is 0 Å². The summed E-state index contributed by atoms with van der Waals surface area (Å²) < 4.78 is 1.69. The summed E-state index contributed by atoms with van der Waals surface area (Å²) in [6.45, 7) is 0. The summed E-state index contributed by atoms with van der Waals surface area (Å²) in [6.07, 6.45) is 3.08. The molecule has 0 aliphatic carbocycles. The van der Waals surface area contributed by atoms with Crippen LogP contribution in [0.25, 0.3) is 11.3 Å². The van der Waals surface area contributed by atoms with Gasteiger partial charge in [0.2, 0.25) is 6.08 Å². The minimum Gasteiger partial charge on any atom is -0.266 e. The summed E-state index contributed by atoms with van der Waals surface area (Å²) in [5.41, 5.74) is 2.34. The van der Waals surface area contributed by atoms with E-state index in [-0.39, 0.29) is 0 Å². The predicted octanol–water partition coefficient (Wildman–Crippen LogP) is 2.05. The number of rotatable bonds is 2. The van der Waals surface area contributed by atoms with Gasteiger partial charge in [0.1, 0.15) is 5.69 Å². The van der Waals surface area contributed by atoms with Gasteiger partial charge in [0, 0.05) is 12.6 Å². The van der Waals surface area contributed by atoms with Gasteiger partial charge in [-0.1, -0.05) is 30.3 Å². The molecule has 1 aromatic carbocycles. The number of aryl methyl sites for hydroxylation is 1. The van der Waals surface area contributed by atoms with Crippen LogP contribution >= 0.6 is 0 Å². The van der Waals surface area contributed by atoms with Crippen molar-refractivity contribution in [1.82, 2.24) is 9.78 Å². The van der Waals surface area contributed by atoms with E-state index in [0.29, 0.717) is 5.69 Å². The van der Waals surface area contributed by atoms with Crippen LogP contribution in [0.1, 0.15) is 0 Å². The molecule has 4 nitrogen and oxygen atoms in total. The average molecular weight is 199 g/mol. The van der Waals surface area contributed by atoms with Crippen molar-refractivity contribution in [2.24, 2.45) is 12.0 Å². The number of benzene rings is 1. The molecule has 15 heavy (non-hydrogen) atoms. The fourth-order valence-corrected chi connectivity index (χ4v) is 1.49. The molecule has 0 atom stereocenters. The van der Waals surface area contributed by atoms with Crippen molar-refractivity contribution in [3.8, 4) is 11.3 Å². The minimum absolute atomic E-state index is 0.540. The Kier molecular flexibility index (Phi) is 2.44. The molecule has 2 rings (SSSR count). The Hall–Kier alpha value is -2.19. The third-order valence-electron chi connectivity index (χ3n) is 2.13. The van der Waals surface area contributed by atoms with E-state index < -0.39 is 0 Å². The molecule has 4 heteroatoms. The Morgan fingerprint density at radius 3 is 2.73 bits per heavy atom. The number of hydrogen-bond acceptors (Lipinski definition) is 3. The van der Waals surface area contributed by atoms with Gasteiger partial charge >= 0.3 is 0 Å². The standard InChI is InChI=1S/C11H9N3O/c1-14-11(9-5-3-2-4-6-9)10(7-13-14)12-8-15/h2-7H,1H3. The van der Waals surface area contributed by atoms with E-state index in [1.807, 2.05) is 37.4 Å². The first-order valence-corrected chi connectivity index (χ1v) is 4.48. The molecule has 2 aromatic rings. The zero-order chi connectivity index (χ0) is 10.7. The minimum atomic E-state index is 0.540. The van der Waals surface area contributed by atoms with Gasteiger partial charge in [-0.2, -0.15) is 10.1 Å². The first-order chi connectivity index (χ1) is 7.33. The molecule has 0 saturated heterocycles. The van der Waals surface area contributed by atoms with Gasteiger partial charge in [-0.25, -0.2) is 4.79 Å². The third-order valence-corrected chi connectivity index (χ3v) is 2.13. The quantitative estimate of drug-likeness (QED) is 0.549. The predicted molar refractivity (Wildman–Crippen MR) is 56.4 cm³/mol. The number of isocyanates is 1. The number of aliphatic imine (C=N–C) groups is 1. The van der Waals surface area contributed by atoms with Crippen molar-refractivity contribution in [2.45, 2.75) is 0 Å². The van der Waals surface area contributed by atoms with E-state index in [9.17, 15) is 4.79 Å². The molecule has 1 heterocycles. The van der Waals surface area contributed by atoms with Gasteiger partial charge in [0.15, 0.2) is 0 Å². The van der Waals surface area contributed by atoms with Crippen molar-refractivity contribution in [2.75, 3.05) is 0 Å². The Balaban J connectivity index is 2.61. The van der Waals surface area contributed by atoms with E-state index in [4.69, 9.17) is 0 Å². The highest BCUT2D eigenvalue weighted by molar-refractivity contribution is 5.73. The lowest BCUT2D eigenvalue weighted by Crippen LogP contribution is -1.92. The molecule has 0 radical (unpaired) electrons. The Morgan fingerprint density at radius 2 is 2.07 bits per heavy atom. The number of hydrogen-bond donors (Lipinski definition) is 0. The summed E-state index contributed by atoms with van der Waals surface area (Å²) in [4.78, 5) is 13.9. The maximum atomic E-state index is 10.2. The van der Waals surface area contributed by atoms with E-state index in [1.165, 1.54) is 6.08 Å². The van der Waals surface area contributed by atoms with Crippen LogP contribution in [0.15, 0.2) is 41.5 Å². The summed E-state index contributed by atoms with van der Waals surface area (Å²) in [5, 5.41) is 4.06. The molecule has 0 aliphatic heterocycles. The van der Waals surface area contributed by atoms with Crippen LogP contribution in [-0.4, -0.2) is 15.9 Å². The van der Waals surface area contributed by atoms with Gasteiger partial charge in [-0.3, -0.25) is 4.68 Å². The molecule has 1 aromatic heterocycles. The highest BCUT2D eigenvalue weighted by Crippen LogP contribution is 2.28. The van der Waals surface area contributed by atoms with E-state index in [1.54, 1.807) is 10.9 Å². The molecule has 0 amide bonds. The van der Waals surface area contributed by atoms with Crippen LogP contribution in [-0.2, 0) is 11.8 Å². The van der Waals surface area contributed by atoms with E-state index in [2.05, 4.69) is 10.1 Å². The molecule has 0 bridgehead atoms. The highest BCUT2D eigenvalue weighted by atomic mass is 16.1. The fourth-order valence-electron chi connectivity index (χ4n) is 1.49. The van der Waals surface area contributed by atoms with Crippen molar-refractivity contribution in [3.05, 3.63) is 36.5 Å². The summed E-state index contributed by atoms with van der Waals surface area (Å²) in [5.74, 6) is 0.